The first-order valence-electron chi connectivity index (χ1n) is 10.7. The molecule has 0 radical (unpaired) electrons. The molecule has 0 heterocycles. The van der Waals surface area contributed by atoms with E-state index in [0.717, 1.165) is 0 Å². The van der Waals surface area contributed by atoms with E-state index in [0.29, 0.717) is 106 Å². The summed E-state index contributed by atoms with van der Waals surface area (Å²) in [4.78, 5) is 0. The number of rotatable bonds is 28. The summed E-state index contributed by atoms with van der Waals surface area (Å²) in [6.07, 6.45) is 0. The second-order valence-corrected chi connectivity index (χ2v) is 5.89. The van der Waals surface area contributed by atoms with Gasteiger partial charge in [0.15, 0.2) is 0 Å². The lowest BCUT2D eigenvalue weighted by Gasteiger charge is -2.08. The minimum Gasteiger partial charge on any atom is -0.377 e. The molecule has 0 bridgehead atoms. The van der Waals surface area contributed by atoms with Gasteiger partial charge in [0, 0.05) is 0 Å². The van der Waals surface area contributed by atoms with E-state index in [2.05, 4.69) is 0 Å². The van der Waals surface area contributed by atoms with Crippen molar-refractivity contribution in [2.45, 2.75) is 0 Å². The van der Waals surface area contributed by atoms with Gasteiger partial charge in [-0.2, -0.15) is 0 Å². The molecular weight excluding hydrogens is 422 g/mol. The molecule has 0 N–H and O–H groups in total. The van der Waals surface area contributed by atoms with Gasteiger partial charge in [0.25, 0.3) is 0 Å². The van der Waals surface area contributed by atoms with E-state index in [-0.39, 0.29) is 13.2 Å². The third kappa shape index (κ3) is 29.5. The number of ether oxygens (including phenoxy) is 9. The fraction of sp³-hybridized carbons (Fsp3) is 1.00. The van der Waals surface area contributed by atoms with Crippen LogP contribution < -0.4 is 0 Å². The molecule has 0 saturated carbocycles. The van der Waals surface area contributed by atoms with Crippen molar-refractivity contribution in [1.82, 2.24) is 0 Å². The zero-order valence-electron chi connectivity index (χ0n) is 18.6. The highest BCUT2D eigenvalue weighted by Gasteiger charge is 1.95. The van der Waals surface area contributed by atoms with Gasteiger partial charge < -0.3 is 42.6 Å². The molecule has 0 aliphatic rings. The zero-order chi connectivity index (χ0) is 22.5. The van der Waals surface area contributed by atoms with E-state index >= 15 is 0 Å². The molecule has 31 heavy (non-hydrogen) atoms. The minimum atomic E-state index is -0.474. The van der Waals surface area contributed by atoms with Crippen molar-refractivity contribution >= 4 is 0 Å². The second kappa shape index (κ2) is 29.5. The predicted molar refractivity (Wildman–Crippen MR) is 109 cm³/mol. The first-order valence-corrected chi connectivity index (χ1v) is 10.7. The molecule has 0 unspecified atom stereocenters. The first-order chi connectivity index (χ1) is 15.4. The monoisotopic (exact) mass is 462 g/mol. The molecule has 0 rings (SSSR count). The van der Waals surface area contributed by atoms with E-state index in [1.54, 1.807) is 0 Å². The van der Waals surface area contributed by atoms with E-state index in [4.69, 9.17) is 42.6 Å². The third-order valence-electron chi connectivity index (χ3n) is 3.42. The van der Waals surface area contributed by atoms with Crippen molar-refractivity contribution < 1.29 is 51.4 Å². The molecular formula is C20H40F2O9. The molecule has 11 heteroatoms. The summed E-state index contributed by atoms with van der Waals surface area (Å²) in [7, 11) is 0. The summed E-state index contributed by atoms with van der Waals surface area (Å²) in [6, 6.07) is 0. The molecule has 0 amide bonds. The van der Waals surface area contributed by atoms with Crippen molar-refractivity contribution in [3.63, 3.8) is 0 Å². The first kappa shape index (κ1) is 30.5. The van der Waals surface area contributed by atoms with Crippen LogP contribution in [-0.2, 0) is 42.6 Å². The maximum absolute atomic E-state index is 11.8. The minimum absolute atomic E-state index is 0.113. The van der Waals surface area contributed by atoms with Crippen molar-refractivity contribution in [2.75, 3.05) is 132 Å². The Balaban J connectivity index is 2.98. The van der Waals surface area contributed by atoms with E-state index in [1.807, 2.05) is 0 Å². The van der Waals surface area contributed by atoms with Crippen LogP contribution in [0.3, 0.4) is 0 Å². The molecule has 0 aromatic carbocycles. The molecule has 0 atom stereocenters. The average molecular weight is 463 g/mol. The number of halogens is 2. The SMILES string of the molecule is FCCOCCOCCOCCOCCOCCOCCOCCOCCOCCF. The van der Waals surface area contributed by atoms with E-state index < -0.39 is 13.3 Å². The summed E-state index contributed by atoms with van der Waals surface area (Å²) < 4.78 is 70.7. The maximum Gasteiger partial charge on any atom is 0.113 e. The summed E-state index contributed by atoms with van der Waals surface area (Å²) in [5.41, 5.74) is 0. The van der Waals surface area contributed by atoms with Crippen LogP contribution in [0.15, 0.2) is 0 Å². The number of hydrogen-bond donors (Lipinski definition) is 0. The van der Waals surface area contributed by atoms with Crippen LogP contribution in [0, 0.1) is 0 Å². The van der Waals surface area contributed by atoms with Gasteiger partial charge in [0.1, 0.15) is 13.3 Å². The molecule has 0 aliphatic carbocycles. The van der Waals surface area contributed by atoms with Crippen LogP contribution in [0.2, 0.25) is 0 Å². The van der Waals surface area contributed by atoms with Gasteiger partial charge in [-0.25, -0.2) is 8.78 Å². The van der Waals surface area contributed by atoms with Crippen molar-refractivity contribution in [3.05, 3.63) is 0 Å². The topological polar surface area (TPSA) is 83.1 Å². The predicted octanol–water partition coefficient (Wildman–Crippen LogP) is 1.07. The van der Waals surface area contributed by atoms with Crippen LogP contribution in [0.1, 0.15) is 0 Å². The third-order valence-corrected chi connectivity index (χ3v) is 3.42. The Morgan fingerprint density at radius 1 is 0.226 bits per heavy atom. The Labute approximate surface area is 184 Å². The van der Waals surface area contributed by atoms with Crippen molar-refractivity contribution in [2.24, 2.45) is 0 Å². The Morgan fingerprint density at radius 2 is 0.355 bits per heavy atom. The average Bonchev–Trinajstić information content (AvgIpc) is 2.78. The molecule has 188 valence electrons. The van der Waals surface area contributed by atoms with Crippen LogP contribution in [-0.4, -0.2) is 132 Å². The highest BCUT2D eigenvalue weighted by Crippen LogP contribution is 1.86. The largest absolute Gasteiger partial charge is 0.377 e. The van der Waals surface area contributed by atoms with Gasteiger partial charge in [-0.05, 0) is 0 Å². The van der Waals surface area contributed by atoms with Crippen LogP contribution in [0.5, 0.6) is 0 Å². The summed E-state index contributed by atoms with van der Waals surface area (Å²) in [6.45, 7) is 6.77. The highest BCUT2D eigenvalue weighted by atomic mass is 19.1. The van der Waals surface area contributed by atoms with Gasteiger partial charge >= 0.3 is 0 Å². The lowest BCUT2D eigenvalue weighted by Crippen LogP contribution is -2.15. The summed E-state index contributed by atoms with van der Waals surface area (Å²) in [5.74, 6) is 0. The molecule has 0 saturated heterocycles. The Bertz CT molecular complexity index is 290. The van der Waals surface area contributed by atoms with Crippen LogP contribution >= 0.6 is 0 Å². The van der Waals surface area contributed by atoms with E-state index in [9.17, 15) is 8.78 Å². The molecule has 0 fully saturated rings. The standard InChI is InChI=1S/C20H40F2O9/c21-1-3-23-5-7-25-9-11-27-13-15-29-17-19-31-20-18-30-16-14-28-12-10-26-8-6-24-4-2-22/h1-20H2. The summed E-state index contributed by atoms with van der Waals surface area (Å²) >= 11 is 0. The Kier molecular flexibility index (Phi) is 29.0. The lowest BCUT2D eigenvalue weighted by atomic mass is 10.6. The van der Waals surface area contributed by atoms with Crippen LogP contribution in [0.25, 0.3) is 0 Å². The molecule has 0 aromatic rings. The second-order valence-electron chi connectivity index (χ2n) is 5.89. The Morgan fingerprint density at radius 3 is 0.484 bits per heavy atom. The van der Waals surface area contributed by atoms with E-state index in [1.165, 1.54) is 0 Å². The number of hydrogen-bond acceptors (Lipinski definition) is 9. The van der Waals surface area contributed by atoms with Gasteiger partial charge in [-0.15, -0.1) is 0 Å². The highest BCUT2D eigenvalue weighted by molar-refractivity contribution is 4.38. The molecule has 0 spiro atoms. The fourth-order valence-corrected chi connectivity index (χ4v) is 1.97. The van der Waals surface area contributed by atoms with Gasteiger partial charge in [-0.3, -0.25) is 0 Å². The normalized spacial score (nSPS) is 11.4. The smallest absolute Gasteiger partial charge is 0.113 e. The lowest BCUT2D eigenvalue weighted by molar-refractivity contribution is -0.0253. The zero-order valence-corrected chi connectivity index (χ0v) is 18.6. The van der Waals surface area contributed by atoms with Crippen molar-refractivity contribution in [3.8, 4) is 0 Å². The quantitative estimate of drug-likeness (QED) is 0.159. The maximum atomic E-state index is 11.8. The van der Waals surface area contributed by atoms with Crippen molar-refractivity contribution in [1.29, 1.82) is 0 Å². The van der Waals surface area contributed by atoms with Gasteiger partial charge in [-0.1, -0.05) is 0 Å². The van der Waals surface area contributed by atoms with Crippen LogP contribution in [0.4, 0.5) is 8.78 Å². The molecule has 9 nitrogen and oxygen atoms in total. The Hall–Kier alpha value is -0.500. The number of alkyl halides is 2. The molecule has 0 aliphatic heterocycles. The summed E-state index contributed by atoms with van der Waals surface area (Å²) in [5, 5.41) is 0. The van der Waals surface area contributed by atoms with Gasteiger partial charge in [0.2, 0.25) is 0 Å². The fourth-order valence-electron chi connectivity index (χ4n) is 1.97. The van der Waals surface area contributed by atoms with Gasteiger partial charge in [0.05, 0.1) is 119 Å². The molecule has 0 aromatic heterocycles.